The summed E-state index contributed by atoms with van der Waals surface area (Å²) in [6.45, 7) is 2.82. The van der Waals surface area contributed by atoms with Crippen LogP contribution in [-0.4, -0.2) is 22.7 Å². The van der Waals surface area contributed by atoms with Gasteiger partial charge in [0.05, 0.1) is 28.1 Å². The second-order valence-corrected chi connectivity index (χ2v) is 10.3. The number of imide groups is 1. The average Bonchev–Trinajstić information content (AvgIpc) is 3.08. The number of hydrogen-bond donors (Lipinski definition) is 0. The van der Waals surface area contributed by atoms with Crippen LogP contribution < -0.4 is 9.47 Å². The SMILES string of the molecule is CCOc1cc(/C=C2/SC(=O)N(Cc3cccc(Br)c3)C2=O)ccc1OCc1ccc(Cl)c(Cl)c1. The summed E-state index contributed by atoms with van der Waals surface area (Å²) in [5.74, 6) is 0.769. The molecular formula is C26H20BrCl2NO4S. The van der Waals surface area contributed by atoms with Crippen LogP contribution >= 0.6 is 50.9 Å². The Morgan fingerprint density at radius 1 is 0.943 bits per heavy atom. The smallest absolute Gasteiger partial charge is 0.293 e. The van der Waals surface area contributed by atoms with E-state index in [4.69, 9.17) is 32.7 Å². The second-order valence-electron chi connectivity index (χ2n) is 7.57. The molecule has 1 heterocycles. The molecule has 2 amide bonds. The summed E-state index contributed by atoms with van der Waals surface area (Å²) in [4.78, 5) is 27.0. The van der Waals surface area contributed by atoms with Crippen molar-refractivity contribution >= 4 is 68.1 Å². The van der Waals surface area contributed by atoms with E-state index in [1.54, 1.807) is 30.3 Å². The Morgan fingerprint density at radius 2 is 1.77 bits per heavy atom. The van der Waals surface area contributed by atoms with E-state index >= 15 is 0 Å². The predicted molar refractivity (Wildman–Crippen MR) is 144 cm³/mol. The van der Waals surface area contributed by atoms with Gasteiger partial charge in [-0.1, -0.05) is 63.4 Å². The molecular weight excluding hydrogens is 573 g/mol. The van der Waals surface area contributed by atoms with Crippen molar-refractivity contribution in [1.29, 1.82) is 0 Å². The second kappa shape index (κ2) is 11.5. The maximum atomic E-state index is 12.9. The molecule has 180 valence electrons. The van der Waals surface area contributed by atoms with Gasteiger partial charge in [0.2, 0.25) is 0 Å². The van der Waals surface area contributed by atoms with E-state index in [0.717, 1.165) is 32.9 Å². The summed E-state index contributed by atoms with van der Waals surface area (Å²) >= 11 is 16.4. The molecule has 1 fully saturated rings. The maximum absolute atomic E-state index is 12.9. The Bertz CT molecular complexity index is 1310. The first-order valence-corrected chi connectivity index (χ1v) is 13.0. The quantitative estimate of drug-likeness (QED) is 0.248. The summed E-state index contributed by atoms with van der Waals surface area (Å²) in [6.07, 6.45) is 1.69. The van der Waals surface area contributed by atoms with Gasteiger partial charge in [-0.3, -0.25) is 14.5 Å². The Morgan fingerprint density at radius 3 is 2.51 bits per heavy atom. The third kappa shape index (κ3) is 6.41. The van der Waals surface area contributed by atoms with E-state index in [1.807, 2.05) is 43.3 Å². The normalized spacial score (nSPS) is 14.6. The van der Waals surface area contributed by atoms with Crippen molar-refractivity contribution in [2.24, 2.45) is 0 Å². The van der Waals surface area contributed by atoms with Crippen LogP contribution in [0.2, 0.25) is 10.0 Å². The molecule has 0 spiro atoms. The van der Waals surface area contributed by atoms with Gasteiger partial charge < -0.3 is 9.47 Å². The molecule has 5 nitrogen and oxygen atoms in total. The van der Waals surface area contributed by atoms with E-state index in [2.05, 4.69) is 15.9 Å². The molecule has 4 rings (SSSR count). The number of ether oxygens (including phenoxy) is 2. The largest absolute Gasteiger partial charge is 0.490 e. The molecule has 0 bridgehead atoms. The van der Waals surface area contributed by atoms with E-state index in [9.17, 15) is 9.59 Å². The number of thioether (sulfide) groups is 1. The number of rotatable bonds is 8. The molecule has 3 aromatic carbocycles. The van der Waals surface area contributed by atoms with Gasteiger partial charge in [0, 0.05) is 4.47 Å². The lowest BCUT2D eigenvalue weighted by Crippen LogP contribution is -2.27. The fourth-order valence-corrected chi connectivity index (χ4v) is 5.00. The highest BCUT2D eigenvalue weighted by Gasteiger charge is 2.35. The Kier molecular flexibility index (Phi) is 8.44. The maximum Gasteiger partial charge on any atom is 0.293 e. The van der Waals surface area contributed by atoms with Crippen molar-refractivity contribution in [1.82, 2.24) is 4.90 Å². The first kappa shape index (κ1) is 25.6. The zero-order valence-corrected chi connectivity index (χ0v) is 22.5. The van der Waals surface area contributed by atoms with Crippen molar-refractivity contribution in [3.05, 3.63) is 96.8 Å². The molecule has 0 radical (unpaired) electrons. The van der Waals surface area contributed by atoms with Crippen LogP contribution in [0.1, 0.15) is 23.6 Å². The lowest BCUT2D eigenvalue weighted by Gasteiger charge is -2.13. The summed E-state index contributed by atoms with van der Waals surface area (Å²) in [5, 5.41) is 0.644. The molecule has 0 N–H and O–H groups in total. The molecule has 9 heteroatoms. The highest BCUT2D eigenvalue weighted by Crippen LogP contribution is 2.36. The first-order chi connectivity index (χ1) is 16.8. The minimum Gasteiger partial charge on any atom is -0.490 e. The van der Waals surface area contributed by atoms with Gasteiger partial charge in [0.1, 0.15) is 6.61 Å². The molecule has 0 aliphatic carbocycles. The van der Waals surface area contributed by atoms with E-state index in [0.29, 0.717) is 33.1 Å². The number of carbonyl (C=O) groups is 2. The Labute approximate surface area is 226 Å². The highest BCUT2D eigenvalue weighted by atomic mass is 79.9. The molecule has 0 saturated carbocycles. The lowest BCUT2D eigenvalue weighted by molar-refractivity contribution is -0.123. The molecule has 0 unspecified atom stereocenters. The third-order valence-electron chi connectivity index (χ3n) is 5.05. The molecule has 0 aromatic heterocycles. The molecule has 3 aromatic rings. The van der Waals surface area contributed by atoms with Crippen LogP contribution in [0.4, 0.5) is 4.79 Å². The van der Waals surface area contributed by atoms with Crippen LogP contribution in [0.5, 0.6) is 11.5 Å². The van der Waals surface area contributed by atoms with Crippen LogP contribution in [0.15, 0.2) is 70.0 Å². The van der Waals surface area contributed by atoms with Crippen molar-refractivity contribution in [2.75, 3.05) is 6.61 Å². The molecule has 1 saturated heterocycles. The zero-order valence-electron chi connectivity index (χ0n) is 18.6. The summed E-state index contributed by atoms with van der Waals surface area (Å²) < 4.78 is 12.6. The van der Waals surface area contributed by atoms with Crippen LogP contribution in [0, 0.1) is 0 Å². The monoisotopic (exact) mass is 591 g/mol. The van der Waals surface area contributed by atoms with E-state index in [1.165, 1.54) is 4.90 Å². The number of nitrogens with zero attached hydrogens (tertiary/aromatic N) is 1. The van der Waals surface area contributed by atoms with Crippen molar-refractivity contribution in [3.8, 4) is 11.5 Å². The van der Waals surface area contributed by atoms with Crippen molar-refractivity contribution < 1.29 is 19.1 Å². The van der Waals surface area contributed by atoms with Gasteiger partial charge in [0.25, 0.3) is 11.1 Å². The Balaban J connectivity index is 1.50. The summed E-state index contributed by atoms with van der Waals surface area (Å²) in [7, 11) is 0. The minimum absolute atomic E-state index is 0.215. The highest BCUT2D eigenvalue weighted by molar-refractivity contribution is 9.10. The lowest BCUT2D eigenvalue weighted by atomic mass is 10.1. The minimum atomic E-state index is -0.321. The van der Waals surface area contributed by atoms with Gasteiger partial charge in [-0.25, -0.2) is 0 Å². The van der Waals surface area contributed by atoms with Gasteiger partial charge in [-0.2, -0.15) is 0 Å². The average molecular weight is 593 g/mol. The van der Waals surface area contributed by atoms with Crippen LogP contribution in [-0.2, 0) is 17.9 Å². The van der Waals surface area contributed by atoms with E-state index in [-0.39, 0.29) is 24.3 Å². The van der Waals surface area contributed by atoms with Crippen molar-refractivity contribution in [2.45, 2.75) is 20.1 Å². The third-order valence-corrected chi connectivity index (χ3v) is 7.19. The van der Waals surface area contributed by atoms with Gasteiger partial charge in [-0.05, 0) is 77.9 Å². The number of carbonyl (C=O) groups excluding carboxylic acids is 2. The summed E-state index contributed by atoms with van der Waals surface area (Å²) in [6, 6.07) is 18.2. The molecule has 0 atom stereocenters. The standard InChI is InChI=1S/C26H20BrCl2NO4S/c1-2-33-23-12-16(7-9-22(23)34-15-18-6-8-20(28)21(29)11-18)13-24-25(31)30(26(32)35-24)14-17-4-3-5-19(27)10-17/h3-13H,2,14-15H2,1H3/b24-13+. The topological polar surface area (TPSA) is 55.8 Å². The van der Waals surface area contributed by atoms with Gasteiger partial charge in [0.15, 0.2) is 11.5 Å². The molecule has 35 heavy (non-hydrogen) atoms. The predicted octanol–water partition coefficient (Wildman–Crippen LogP) is 7.97. The number of amides is 2. The molecule has 1 aliphatic heterocycles. The summed E-state index contributed by atoms with van der Waals surface area (Å²) in [5.41, 5.74) is 2.46. The van der Waals surface area contributed by atoms with Crippen molar-refractivity contribution in [3.63, 3.8) is 0 Å². The zero-order chi connectivity index (χ0) is 24.9. The van der Waals surface area contributed by atoms with Gasteiger partial charge in [-0.15, -0.1) is 0 Å². The number of benzene rings is 3. The molecule has 1 aliphatic rings. The van der Waals surface area contributed by atoms with E-state index < -0.39 is 0 Å². The van der Waals surface area contributed by atoms with Crippen LogP contribution in [0.25, 0.3) is 6.08 Å². The number of halogens is 3. The fourth-order valence-electron chi connectivity index (χ4n) is 3.40. The van der Waals surface area contributed by atoms with Crippen LogP contribution in [0.3, 0.4) is 0 Å². The first-order valence-electron chi connectivity index (χ1n) is 10.7. The number of hydrogen-bond acceptors (Lipinski definition) is 5. The fraction of sp³-hybridized carbons (Fsp3) is 0.154. The van der Waals surface area contributed by atoms with Gasteiger partial charge >= 0.3 is 0 Å². The Hall–Kier alpha value is -2.45.